The van der Waals surface area contributed by atoms with Crippen LogP contribution in [0.4, 0.5) is 0 Å². The van der Waals surface area contributed by atoms with E-state index in [0.717, 1.165) is 16.6 Å². The summed E-state index contributed by atoms with van der Waals surface area (Å²) >= 11 is 0. The van der Waals surface area contributed by atoms with Gasteiger partial charge in [0.05, 0.1) is 6.61 Å². The van der Waals surface area contributed by atoms with Crippen LogP contribution in [0.15, 0.2) is 24.5 Å². The Morgan fingerprint density at radius 3 is 3.07 bits per heavy atom. The van der Waals surface area contributed by atoms with Crippen LogP contribution in [0.5, 0.6) is 0 Å². The number of aromatic nitrogens is 2. The van der Waals surface area contributed by atoms with Crippen LogP contribution in [-0.2, 0) is 7.05 Å². The lowest BCUT2D eigenvalue weighted by molar-refractivity contribution is 0.268. The first-order chi connectivity index (χ1) is 7.27. The van der Waals surface area contributed by atoms with E-state index in [2.05, 4.69) is 4.98 Å². The third-order valence-corrected chi connectivity index (χ3v) is 2.71. The maximum Gasteiger partial charge on any atom is 0.139 e. The SMILES string of the molecule is Cn1cc(C(CN)CO)c2cccnc21. The van der Waals surface area contributed by atoms with E-state index >= 15 is 0 Å². The molecule has 0 saturated heterocycles. The second-order valence-corrected chi connectivity index (χ2v) is 3.69. The van der Waals surface area contributed by atoms with E-state index in [1.165, 1.54) is 0 Å². The summed E-state index contributed by atoms with van der Waals surface area (Å²) in [6.07, 6.45) is 3.76. The van der Waals surface area contributed by atoms with Gasteiger partial charge in [0.2, 0.25) is 0 Å². The molecule has 1 unspecified atom stereocenters. The molecular formula is C11H15N3O. The Bertz CT molecular complexity index is 460. The molecule has 80 valence electrons. The Balaban J connectivity index is 2.61. The summed E-state index contributed by atoms with van der Waals surface area (Å²) in [4.78, 5) is 4.29. The Morgan fingerprint density at radius 1 is 1.60 bits per heavy atom. The second-order valence-electron chi connectivity index (χ2n) is 3.69. The second kappa shape index (κ2) is 4.00. The number of rotatable bonds is 3. The predicted molar refractivity (Wildman–Crippen MR) is 59.6 cm³/mol. The zero-order valence-corrected chi connectivity index (χ0v) is 8.72. The minimum absolute atomic E-state index is 0.00194. The third-order valence-electron chi connectivity index (χ3n) is 2.71. The van der Waals surface area contributed by atoms with Crippen LogP contribution in [0.25, 0.3) is 11.0 Å². The summed E-state index contributed by atoms with van der Waals surface area (Å²) in [7, 11) is 1.95. The summed E-state index contributed by atoms with van der Waals surface area (Å²) < 4.78 is 1.96. The Kier molecular flexibility index (Phi) is 2.70. The molecule has 0 aliphatic heterocycles. The average molecular weight is 205 g/mol. The van der Waals surface area contributed by atoms with Crippen molar-refractivity contribution in [2.45, 2.75) is 5.92 Å². The lowest BCUT2D eigenvalue weighted by Crippen LogP contribution is -2.15. The van der Waals surface area contributed by atoms with Crippen molar-refractivity contribution in [1.29, 1.82) is 0 Å². The van der Waals surface area contributed by atoms with Gasteiger partial charge in [0, 0.05) is 37.3 Å². The maximum atomic E-state index is 9.24. The van der Waals surface area contributed by atoms with Gasteiger partial charge in [0.15, 0.2) is 0 Å². The molecule has 1 atom stereocenters. The van der Waals surface area contributed by atoms with E-state index in [-0.39, 0.29) is 12.5 Å². The van der Waals surface area contributed by atoms with Crippen LogP contribution < -0.4 is 5.73 Å². The molecule has 2 rings (SSSR count). The van der Waals surface area contributed by atoms with Gasteiger partial charge < -0.3 is 15.4 Å². The molecule has 4 heteroatoms. The van der Waals surface area contributed by atoms with Crippen LogP contribution in [0, 0.1) is 0 Å². The molecule has 0 aromatic carbocycles. The fourth-order valence-electron chi connectivity index (χ4n) is 1.87. The molecule has 0 saturated carbocycles. The zero-order valence-electron chi connectivity index (χ0n) is 8.72. The maximum absolute atomic E-state index is 9.24. The Labute approximate surface area is 88.3 Å². The molecule has 0 amide bonds. The van der Waals surface area contributed by atoms with Crippen molar-refractivity contribution in [3.05, 3.63) is 30.1 Å². The van der Waals surface area contributed by atoms with E-state index in [0.29, 0.717) is 6.54 Å². The lowest BCUT2D eigenvalue weighted by atomic mass is 10.0. The number of nitrogens with two attached hydrogens (primary N) is 1. The highest BCUT2D eigenvalue weighted by Gasteiger charge is 2.15. The number of hydrogen-bond acceptors (Lipinski definition) is 3. The van der Waals surface area contributed by atoms with Crippen LogP contribution in [0.1, 0.15) is 11.5 Å². The molecule has 2 aromatic rings. The normalized spacial score (nSPS) is 13.3. The van der Waals surface area contributed by atoms with Crippen molar-refractivity contribution in [3.8, 4) is 0 Å². The minimum atomic E-state index is -0.00194. The van der Waals surface area contributed by atoms with E-state index in [4.69, 9.17) is 5.73 Å². The molecule has 0 aliphatic rings. The van der Waals surface area contributed by atoms with E-state index < -0.39 is 0 Å². The smallest absolute Gasteiger partial charge is 0.139 e. The van der Waals surface area contributed by atoms with Crippen LogP contribution in [-0.4, -0.2) is 27.8 Å². The number of pyridine rings is 1. The third kappa shape index (κ3) is 1.62. The van der Waals surface area contributed by atoms with Gasteiger partial charge in [0.25, 0.3) is 0 Å². The summed E-state index contributed by atoms with van der Waals surface area (Å²) in [5, 5.41) is 10.3. The Hall–Kier alpha value is -1.39. The molecule has 4 nitrogen and oxygen atoms in total. The van der Waals surface area contributed by atoms with Crippen molar-refractivity contribution >= 4 is 11.0 Å². The number of hydrogen-bond donors (Lipinski definition) is 2. The van der Waals surface area contributed by atoms with Gasteiger partial charge in [-0.2, -0.15) is 0 Å². The van der Waals surface area contributed by atoms with Crippen molar-refractivity contribution in [1.82, 2.24) is 9.55 Å². The monoisotopic (exact) mass is 205 g/mol. The summed E-state index contributed by atoms with van der Waals surface area (Å²) in [6.45, 7) is 0.523. The van der Waals surface area contributed by atoms with Gasteiger partial charge >= 0.3 is 0 Å². The fourth-order valence-corrected chi connectivity index (χ4v) is 1.87. The zero-order chi connectivity index (χ0) is 10.8. The fraction of sp³-hybridized carbons (Fsp3) is 0.364. The van der Waals surface area contributed by atoms with Crippen LogP contribution >= 0.6 is 0 Å². The van der Waals surface area contributed by atoms with Gasteiger partial charge in [-0.25, -0.2) is 4.98 Å². The van der Waals surface area contributed by atoms with E-state index in [9.17, 15) is 5.11 Å². The predicted octanol–water partition coefficient (Wildman–Crippen LogP) is 0.608. The summed E-state index contributed by atoms with van der Waals surface area (Å²) in [5.74, 6) is -0.00194. The van der Waals surface area contributed by atoms with Crippen LogP contribution in [0.3, 0.4) is 0 Å². The quantitative estimate of drug-likeness (QED) is 0.771. The summed E-state index contributed by atoms with van der Waals surface area (Å²) in [6, 6.07) is 3.91. The highest BCUT2D eigenvalue weighted by molar-refractivity contribution is 5.80. The highest BCUT2D eigenvalue weighted by atomic mass is 16.3. The number of aliphatic hydroxyl groups is 1. The minimum Gasteiger partial charge on any atom is -0.396 e. The first-order valence-corrected chi connectivity index (χ1v) is 4.98. The van der Waals surface area contributed by atoms with Gasteiger partial charge in [-0.1, -0.05) is 0 Å². The lowest BCUT2D eigenvalue weighted by Gasteiger charge is -2.09. The average Bonchev–Trinajstić information content (AvgIpc) is 2.60. The van der Waals surface area contributed by atoms with Crippen molar-refractivity contribution < 1.29 is 5.11 Å². The van der Waals surface area contributed by atoms with E-state index in [1.807, 2.05) is 29.9 Å². The standard InChI is InChI=1S/C11H15N3O/c1-14-6-10(8(5-12)7-15)9-3-2-4-13-11(9)14/h2-4,6,8,15H,5,7,12H2,1H3. The van der Waals surface area contributed by atoms with Crippen molar-refractivity contribution in [2.75, 3.05) is 13.2 Å². The van der Waals surface area contributed by atoms with Crippen molar-refractivity contribution in [2.24, 2.45) is 12.8 Å². The van der Waals surface area contributed by atoms with Gasteiger partial charge in [0.1, 0.15) is 5.65 Å². The van der Waals surface area contributed by atoms with Crippen molar-refractivity contribution in [3.63, 3.8) is 0 Å². The number of fused-ring (bicyclic) bond motifs is 1. The molecule has 2 heterocycles. The number of nitrogens with zero attached hydrogens (tertiary/aromatic N) is 2. The topological polar surface area (TPSA) is 64.1 Å². The molecule has 0 fully saturated rings. The Morgan fingerprint density at radius 2 is 2.40 bits per heavy atom. The van der Waals surface area contributed by atoms with Gasteiger partial charge in [-0.3, -0.25) is 0 Å². The van der Waals surface area contributed by atoms with Gasteiger partial charge in [-0.15, -0.1) is 0 Å². The number of aliphatic hydroxyl groups excluding tert-OH is 1. The largest absolute Gasteiger partial charge is 0.396 e. The molecular weight excluding hydrogens is 190 g/mol. The first-order valence-electron chi connectivity index (χ1n) is 4.98. The molecule has 2 aromatic heterocycles. The molecule has 0 radical (unpaired) electrons. The highest BCUT2D eigenvalue weighted by Crippen LogP contribution is 2.24. The van der Waals surface area contributed by atoms with E-state index in [1.54, 1.807) is 6.20 Å². The first kappa shape index (κ1) is 10.1. The molecule has 0 spiro atoms. The summed E-state index contributed by atoms with van der Waals surface area (Å²) in [5.41, 5.74) is 7.63. The molecule has 0 bridgehead atoms. The van der Waals surface area contributed by atoms with Gasteiger partial charge in [-0.05, 0) is 17.7 Å². The molecule has 0 aliphatic carbocycles. The molecule has 3 N–H and O–H groups in total. The number of aryl methyl sites for hydroxylation is 1. The molecule has 15 heavy (non-hydrogen) atoms. The van der Waals surface area contributed by atoms with Crippen LogP contribution in [0.2, 0.25) is 0 Å².